The van der Waals surface area contributed by atoms with Crippen LogP contribution in [0.2, 0.25) is 0 Å². The fourth-order valence-electron chi connectivity index (χ4n) is 7.67. The summed E-state index contributed by atoms with van der Waals surface area (Å²) in [6.45, 7) is 1.36. The third-order valence-corrected chi connectivity index (χ3v) is 8.83. The summed E-state index contributed by atoms with van der Waals surface area (Å²) in [6, 6.07) is 10.2. The zero-order chi connectivity index (χ0) is 23.5. The second-order valence-electron chi connectivity index (χ2n) is 11.6. The molecular weight excluding hydrogens is 426 g/mol. The molecule has 1 saturated heterocycles. The molecule has 0 unspecified atom stereocenters. The minimum absolute atomic E-state index is 0.00674. The lowest BCUT2D eigenvalue weighted by molar-refractivity contribution is -0.136. The first-order chi connectivity index (χ1) is 16.5. The van der Waals surface area contributed by atoms with Gasteiger partial charge in [-0.2, -0.15) is 0 Å². The topological polar surface area (TPSA) is 78.5 Å². The number of likely N-dealkylation sites (tertiary alicyclic amines) is 1. The summed E-state index contributed by atoms with van der Waals surface area (Å²) in [6.07, 6.45) is 11.1. The number of piperidine rings is 1. The normalized spacial score (nSPS) is 30.2. The van der Waals surface area contributed by atoms with Crippen LogP contribution in [-0.2, 0) is 20.8 Å². The Morgan fingerprint density at radius 2 is 1.50 bits per heavy atom. The maximum absolute atomic E-state index is 12.7. The summed E-state index contributed by atoms with van der Waals surface area (Å²) in [4.78, 5) is 39.5. The van der Waals surface area contributed by atoms with Crippen molar-refractivity contribution in [3.63, 3.8) is 0 Å². The molecule has 1 heterocycles. The Morgan fingerprint density at radius 1 is 0.882 bits per heavy atom. The monoisotopic (exact) mass is 465 g/mol. The summed E-state index contributed by atoms with van der Waals surface area (Å²) >= 11 is 0. The van der Waals surface area contributed by atoms with E-state index < -0.39 is 0 Å². The molecule has 4 saturated carbocycles. The average molecular weight is 466 g/mol. The Hall–Kier alpha value is -2.37. The van der Waals surface area contributed by atoms with Crippen molar-refractivity contribution >= 4 is 17.7 Å². The average Bonchev–Trinajstić information content (AvgIpc) is 2.81. The number of hydrogen-bond donors (Lipinski definition) is 2. The van der Waals surface area contributed by atoms with Gasteiger partial charge in [-0.3, -0.25) is 14.4 Å². The highest BCUT2D eigenvalue weighted by molar-refractivity contribution is 5.85. The van der Waals surface area contributed by atoms with E-state index in [9.17, 15) is 14.4 Å². The maximum Gasteiger partial charge on any atom is 0.241 e. The van der Waals surface area contributed by atoms with Crippen LogP contribution in [0, 0.1) is 23.2 Å². The van der Waals surface area contributed by atoms with Crippen LogP contribution in [0.3, 0.4) is 0 Å². The third-order valence-electron chi connectivity index (χ3n) is 8.83. The van der Waals surface area contributed by atoms with Crippen LogP contribution >= 0.6 is 0 Å². The Morgan fingerprint density at radius 3 is 2.12 bits per heavy atom. The molecule has 0 radical (unpaired) electrons. The number of nitrogens with zero attached hydrogens (tertiary/aromatic N) is 1. The number of carbonyl (C=O) groups excluding carboxylic acids is 3. The van der Waals surface area contributed by atoms with Crippen LogP contribution in [0.25, 0.3) is 0 Å². The van der Waals surface area contributed by atoms with Crippen LogP contribution in [0.5, 0.6) is 0 Å². The molecule has 1 aromatic rings. The van der Waals surface area contributed by atoms with Gasteiger partial charge in [0.25, 0.3) is 0 Å². The van der Waals surface area contributed by atoms with Crippen molar-refractivity contribution < 1.29 is 14.4 Å². The minimum atomic E-state index is -0.00674. The molecule has 184 valence electrons. The molecule has 3 amide bonds. The molecule has 6 heteroatoms. The smallest absolute Gasteiger partial charge is 0.241 e. The Balaban J connectivity index is 0.992. The molecule has 4 bridgehead atoms. The van der Waals surface area contributed by atoms with E-state index in [0.29, 0.717) is 25.9 Å². The first kappa shape index (κ1) is 23.4. The van der Waals surface area contributed by atoms with Crippen LogP contribution in [0.15, 0.2) is 30.3 Å². The number of benzene rings is 1. The molecule has 2 N–H and O–H groups in total. The predicted octanol–water partition coefficient (Wildman–Crippen LogP) is 3.45. The van der Waals surface area contributed by atoms with Gasteiger partial charge in [0, 0.05) is 32.0 Å². The molecular formula is C28H39N3O3. The second kappa shape index (κ2) is 10.1. The van der Waals surface area contributed by atoms with E-state index in [1.807, 2.05) is 35.2 Å². The van der Waals surface area contributed by atoms with Crippen LogP contribution < -0.4 is 10.6 Å². The van der Waals surface area contributed by atoms with Gasteiger partial charge in [0.2, 0.25) is 17.7 Å². The Bertz CT molecular complexity index is 856. The lowest BCUT2D eigenvalue weighted by atomic mass is 9.49. The summed E-state index contributed by atoms with van der Waals surface area (Å²) < 4.78 is 0. The van der Waals surface area contributed by atoms with Crippen molar-refractivity contribution in [2.45, 2.75) is 76.7 Å². The van der Waals surface area contributed by atoms with Crippen molar-refractivity contribution in [2.75, 3.05) is 19.6 Å². The molecule has 6 nitrogen and oxygen atoms in total. The standard InChI is InChI=1S/C28H39N3O3/c32-25(7-6-20-4-2-1-3-5-20)30-24-8-10-31(11-9-24)27(34)19-29-26(33)18-28-15-21-12-22(16-28)14-23(13-21)17-28/h1-5,21-24H,6-19H2,(H,29,33)(H,30,32). The molecule has 4 aliphatic carbocycles. The van der Waals surface area contributed by atoms with Gasteiger partial charge in [0.05, 0.1) is 6.54 Å². The first-order valence-corrected chi connectivity index (χ1v) is 13.3. The van der Waals surface area contributed by atoms with Crippen molar-refractivity contribution in [3.8, 4) is 0 Å². The predicted molar refractivity (Wildman–Crippen MR) is 131 cm³/mol. The van der Waals surface area contributed by atoms with Gasteiger partial charge in [-0.15, -0.1) is 0 Å². The van der Waals surface area contributed by atoms with E-state index in [-0.39, 0.29) is 35.7 Å². The molecule has 0 spiro atoms. The number of nitrogens with one attached hydrogen (secondary N) is 2. The highest BCUT2D eigenvalue weighted by Crippen LogP contribution is 2.61. The van der Waals surface area contributed by atoms with Crippen molar-refractivity contribution in [1.29, 1.82) is 0 Å². The number of amides is 3. The van der Waals surface area contributed by atoms with E-state index >= 15 is 0 Å². The second-order valence-corrected chi connectivity index (χ2v) is 11.6. The molecule has 1 aliphatic heterocycles. The fourth-order valence-corrected chi connectivity index (χ4v) is 7.67. The SMILES string of the molecule is O=C(CC12CC3CC(CC(C3)C1)C2)NCC(=O)N1CCC(NC(=O)CCc2ccccc2)CC1. The lowest BCUT2D eigenvalue weighted by Crippen LogP contribution is -2.50. The molecule has 5 aliphatic rings. The third kappa shape index (κ3) is 5.64. The van der Waals surface area contributed by atoms with Gasteiger partial charge in [-0.05, 0) is 86.5 Å². The lowest BCUT2D eigenvalue weighted by Gasteiger charge is -2.56. The number of rotatable bonds is 8. The molecule has 1 aromatic carbocycles. The maximum atomic E-state index is 12.7. The summed E-state index contributed by atoms with van der Waals surface area (Å²) in [5.74, 6) is 2.62. The van der Waals surface area contributed by atoms with Gasteiger partial charge < -0.3 is 15.5 Å². The number of aryl methyl sites for hydroxylation is 1. The van der Waals surface area contributed by atoms with E-state index in [2.05, 4.69) is 10.6 Å². The van der Waals surface area contributed by atoms with Gasteiger partial charge in [0.1, 0.15) is 0 Å². The quantitative estimate of drug-likeness (QED) is 0.617. The van der Waals surface area contributed by atoms with Crippen molar-refractivity contribution in [3.05, 3.63) is 35.9 Å². The summed E-state index contributed by atoms with van der Waals surface area (Å²) in [5, 5.41) is 6.05. The zero-order valence-corrected chi connectivity index (χ0v) is 20.3. The van der Waals surface area contributed by atoms with Gasteiger partial charge in [-0.1, -0.05) is 30.3 Å². The molecule has 34 heavy (non-hydrogen) atoms. The van der Waals surface area contributed by atoms with E-state index in [0.717, 1.165) is 37.0 Å². The first-order valence-electron chi connectivity index (χ1n) is 13.3. The molecule has 0 atom stereocenters. The Labute approximate surface area is 203 Å². The van der Waals surface area contributed by atoms with E-state index in [4.69, 9.17) is 0 Å². The number of carbonyl (C=O) groups is 3. The zero-order valence-electron chi connectivity index (χ0n) is 20.3. The number of hydrogen-bond acceptors (Lipinski definition) is 3. The highest BCUT2D eigenvalue weighted by Gasteiger charge is 2.51. The molecule has 5 fully saturated rings. The minimum Gasteiger partial charge on any atom is -0.353 e. The van der Waals surface area contributed by atoms with Gasteiger partial charge in [-0.25, -0.2) is 0 Å². The van der Waals surface area contributed by atoms with Crippen LogP contribution in [0.1, 0.15) is 69.8 Å². The Kier molecular flexibility index (Phi) is 6.94. The molecule has 6 rings (SSSR count). The van der Waals surface area contributed by atoms with Crippen LogP contribution in [0.4, 0.5) is 0 Å². The summed E-state index contributed by atoms with van der Waals surface area (Å²) in [7, 11) is 0. The van der Waals surface area contributed by atoms with Crippen molar-refractivity contribution in [2.24, 2.45) is 23.2 Å². The highest BCUT2D eigenvalue weighted by atomic mass is 16.2. The largest absolute Gasteiger partial charge is 0.353 e. The van der Waals surface area contributed by atoms with Crippen molar-refractivity contribution in [1.82, 2.24) is 15.5 Å². The fraction of sp³-hybridized carbons (Fsp3) is 0.679. The van der Waals surface area contributed by atoms with Crippen LogP contribution in [-0.4, -0.2) is 48.3 Å². The van der Waals surface area contributed by atoms with Gasteiger partial charge >= 0.3 is 0 Å². The van der Waals surface area contributed by atoms with E-state index in [1.54, 1.807) is 0 Å². The van der Waals surface area contributed by atoms with E-state index in [1.165, 1.54) is 44.1 Å². The molecule has 0 aromatic heterocycles. The van der Waals surface area contributed by atoms with Gasteiger partial charge in [0.15, 0.2) is 0 Å². The summed E-state index contributed by atoms with van der Waals surface area (Å²) in [5.41, 5.74) is 1.38.